The molecule has 1 heterocycles. The van der Waals surface area contributed by atoms with Crippen LogP contribution in [0.2, 0.25) is 0 Å². The van der Waals surface area contributed by atoms with E-state index in [0.717, 1.165) is 43.3 Å². The molecule has 5 nitrogen and oxygen atoms in total. The van der Waals surface area contributed by atoms with E-state index in [1.54, 1.807) is 7.11 Å². The Morgan fingerprint density at radius 2 is 1.79 bits per heavy atom. The second kappa shape index (κ2) is 11.5. The van der Waals surface area contributed by atoms with Gasteiger partial charge in [0.15, 0.2) is 5.96 Å². The summed E-state index contributed by atoms with van der Waals surface area (Å²) in [4.78, 5) is 7.04. The Morgan fingerprint density at radius 1 is 1.07 bits per heavy atom. The van der Waals surface area contributed by atoms with Crippen molar-refractivity contribution in [3.63, 3.8) is 0 Å². The van der Waals surface area contributed by atoms with Gasteiger partial charge in [-0.1, -0.05) is 42.5 Å². The number of nitrogens with two attached hydrogens (primary N) is 1. The molecule has 2 aromatic rings. The highest BCUT2D eigenvalue weighted by Crippen LogP contribution is 2.23. The van der Waals surface area contributed by atoms with Crippen molar-refractivity contribution in [3.8, 4) is 5.75 Å². The van der Waals surface area contributed by atoms with Crippen LogP contribution in [-0.4, -0.2) is 44.1 Å². The minimum Gasteiger partial charge on any atom is -0.495 e. The Kier molecular flexibility index (Phi) is 8.38. The Hall–Kier alpha value is -2.53. The molecule has 156 valence electrons. The summed E-state index contributed by atoms with van der Waals surface area (Å²) in [6, 6.07) is 18.6. The van der Waals surface area contributed by atoms with E-state index in [4.69, 9.17) is 10.5 Å². The van der Waals surface area contributed by atoms with Crippen LogP contribution in [0.4, 0.5) is 5.69 Å². The maximum atomic E-state index is 6.01. The molecule has 3 rings (SSSR count). The number of rotatable bonds is 9. The standard InChI is InChI=1S/C24H34N4O/c1-29-23-12-6-5-11-22(23)27-24(25)26-15-7-8-16-28-17-13-21(14-18-28)19-20-9-3-2-4-10-20/h2-6,9-12,21H,7-8,13-19H2,1H3,(H3,25,26,27). The average molecular weight is 395 g/mol. The molecule has 5 heteroatoms. The number of likely N-dealkylation sites (tertiary alicyclic amines) is 1. The molecule has 29 heavy (non-hydrogen) atoms. The van der Waals surface area contributed by atoms with Crippen LogP contribution in [0.15, 0.2) is 59.6 Å². The highest BCUT2D eigenvalue weighted by molar-refractivity contribution is 5.93. The number of piperidine rings is 1. The van der Waals surface area contributed by atoms with E-state index in [9.17, 15) is 0 Å². The van der Waals surface area contributed by atoms with Gasteiger partial charge in [0, 0.05) is 6.54 Å². The van der Waals surface area contributed by atoms with Crippen LogP contribution in [0.1, 0.15) is 31.2 Å². The number of hydrogen-bond acceptors (Lipinski definition) is 3. The molecule has 1 aliphatic heterocycles. The predicted octanol–water partition coefficient (Wildman–Crippen LogP) is 4.16. The van der Waals surface area contributed by atoms with E-state index < -0.39 is 0 Å². The normalized spacial score (nSPS) is 16.0. The zero-order valence-corrected chi connectivity index (χ0v) is 17.5. The van der Waals surface area contributed by atoms with Gasteiger partial charge in [-0.25, -0.2) is 0 Å². The molecule has 0 saturated carbocycles. The topological polar surface area (TPSA) is 62.9 Å². The second-order valence-corrected chi connectivity index (χ2v) is 7.77. The average Bonchev–Trinajstić information content (AvgIpc) is 2.76. The minimum atomic E-state index is 0.441. The molecule has 0 atom stereocenters. The summed E-state index contributed by atoms with van der Waals surface area (Å²) >= 11 is 0. The predicted molar refractivity (Wildman–Crippen MR) is 122 cm³/mol. The number of methoxy groups -OCH3 is 1. The quantitative estimate of drug-likeness (QED) is 0.381. The highest BCUT2D eigenvalue weighted by Gasteiger charge is 2.18. The van der Waals surface area contributed by atoms with Crippen LogP contribution >= 0.6 is 0 Å². The van der Waals surface area contributed by atoms with E-state index in [1.807, 2.05) is 24.3 Å². The number of ether oxygens (including phenoxy) is 1. The maximum absolute atomic E-state index is 6.01. The first-order valence-corrected chi connectivity index (χ1v) is 10.7. The smallest absolute Gasteiger partial charge is 0.193 e. The van der Waals surface area contributed by atoms with Gasteiger partial charge >= 0.3 is 0 Å². The van der Waals surface area contributed by atoms with Gasteiger partial charge in [-0.2, -0.15) is 0 Å². The number of nitrogens with one attached hydrogen (secondary N) is 1. The van der Waals surface area contributed by atoms with E-state index in [2.05, 4.69) is 45.5 Å². The molecule has 0 bridgehead atoms. The van der Waals surface area contributed by atoms with Gasteiger partial charge in [-0.3, -0.25) is 4.99 Å². The fourth-order valence-corrected chi connectivity index (χ4v) is 3.93. The number of anilines is 1. The summed E-state index contributed by atoms with van der Waals surface area (Å²) in [5.74, 6) is 2.04. The summed E-state index contributed by atoms with van der Waals surface area (Å²) in [6.45, 7) is 4.35. The molecule has 0 aromatic heterocycles. The van der Waals surface area contributed by atoms with Crippen molar-refractivity contribution in [2.75, 3.05) is 38.6 Å². The molecule has 1 fully saturated rings. The lowest BCUT2D eigenvalue weighted by Crippen LogP contribution is -2.35. The molecular weight excluding hydrogens is 360 g/mol. The van der Waals surface area contributed by atoms with Crippen LogP contribution in [0.3, 0.4) is 0 Å². The molecule has 1 saturated heterocycles. The van der Waals surface area contributed by atoms with Crippen LogP contribution in [0, 0.1) is 5.92 Å². The summed E-state index contributed by atoms with van der Waals surface area (Å²) in [5, 5.41) is 3.12. The SMILES string of the molecule is COc1ccccc1NC(N)=NCCCCN1CCC(Cc2ccccc2)CC1. The monoisotopic (exact) mass is 394 g/mol. The lowest BCUT2D eigenvalue weighted by Gasteiger charge is -2.32. The molecule has 0 unspecified atom stereocenters. The third-order valence-electron chi connectivity index (χ3n) is 5.61. The zero-order chi connectivity index (χ0) is 20.3. The molecule has 0 amide bonds. The number of aliphatic imine (C=N–C) groups is 1. The molecule has 1 aliphatic rings. The molecule has 3 N–H and O–H groups in total. The third-order valence-corrected chi connectivity index (χ3v) is 5.61. The number of benzene rings is 2. The van der Waals surface area contributed by atoms with Crippen molar-refractivity contribution in [2.45, 2.75) is 32.1 Å². The van der Waals surface area contributed by atoms with Gasteiger partial charge < -0.3 is 20.7 Å². The summed E-state index contributed by atoms with van der Waals surface area (Å²) in [6.07, 6.45) is 6.06. The second-order valence-electron chi connectivity index (χ2n) is 7.77. The molecular formula is C24H34N4O. The zero-order valence-electron chi connectivity index (χ0n) is 17.5. The van der Waals surface area contributed by atoms with Crippen LogP contribution in [-0.2, 0) is 6.42 Å². The lowest BCUT2D eigenvalue weighted by molar-refractivity contribution is 0.181. The van der Waals surface area contributed by atoms with Gasteiger partial charge in [-0.15, -0.1) is 0 Å². The van der Waals surface area contributed by atoms with Gasteiger partial charge in [-0.05, 0) is 75.4 Å². The van der Waals surface area contributed by atoms with Crippen LogP contribution in [0.25, 0.3) is 0 Å². The number of para-hydroxylation sites is 2. The van der Waals surface area contributed by atoms with Gasteiger partial charge in [0.05, 0.1) is 12.8 Å². The van der Waals surface area contributed by atoms with E-state index in [0.29, 0.717) is 5.96 Å². The molecule has 0 spiro atoms. The van der Waals surface area contributed by atoms with Crippen molar-refractivity contribution in [2.24, 2.45) is 16.6 Å². The fraction of sp³-hybridized carbons (Fsp3) is 0.458. The summed E-state index contributed by atoms with van der Waals surface area (Å²) in [5.41, 5.74) is 8.32. The Labute approximate surface area is 175 Å². The number of hydrogen-bond donors (Lipinski definition) is 2. The fourth-order valence-electron chi connectivity index (χ4n) is 3.93. The Bertz CT molecular complexity index is 754. The summed E-state index contributed by atoms with van der Waals surface area (Å²) in [7, 11) is 1.65. The maximum Gasteiger partial charge on any atom is 0.193 e. The summed E-state index contributed by atoms with van der Waals surface area (Å²) < 4.78 is 5.32. The van der Waals surface area contributed by atoms with Crippen molar-refractivity contribution in [3.05, 3.63) is 60.2 Å². The Morgan fingerprint density at radius 3 is 2.55 bits per heavy atom. The molecule has 2 aromatic carbocycles. The lowest BCUT2D eigenvalue weighted by atomic mass is 9.90. The molecule has 0 aliphatic carbocycles. The number of guanidine groups is 1. The third kappa shape index (κ3) is 7.09. The van der Waals surface area contributed by atoms with Crippen LogP contribution in [0.5, 0.6) is 5.75 Å². The van der Waals surface area contributed by atoms with Gasteiger partial charge in [0.2, 0.25) is 0 Å². The molecule has 0 radical (unpaired) electrons. The highest BCUT2D eigenvalue weighted by atomic mass is 16.5. The van der Waals surface area contributed by atoms with Gasteiger partial charge in [0.1, 0.15) is 5.75 Å². The Balaban J connectivity index is 1.29. The van der Waals surface area contributed by atoms with Crippen LogP contribution < -0.4 is 15.8 Å². The van der Waals surface area contributed by atoms with Crippen molar-refractivity contribution < 1.29 is 4.74 Å². The minimum absolute atomic E-state index is 0.441. The van der Waals surface area contributed by atoms with Crippen molar-refractivity contribution in [1.29, 1.82) is 0 Å². The first kappa shape index (κ1) is 21.2. The number of unbranched alkanes of at least 4 members (excludes halogenated alkanes) is 1. The first-order chi connectivity index (χ1) is 14.2. The number of nitrogens with zero attached hydrogens (tertiary/aromatic N) is 2. The van der Waals surface area contributed by atoms with E-state index in [1.165, 1.54) is 37.9 Å². The first-order valence-electron chi connectivity index (χ1n) is 10.7. The van der Waals surface area contributed by atoms with Crippen molar-refractivity contribution >= 4 is 11.6 Å². The van der Waals surface area contributed by atoms with E-state index in [-0.39, 0.29) is 0 Å². The van der Waals surface area contributed by atoms with E-state index >= 15 is 0 Å². The van der Waals surface area contributed by atoms with Gasteiger partial charge in [0.25, 0.3) is 0 Å². The largest absolute Gasteiger partial charge is 0.495 e. The van der Waals surface area contributed by atoms with Crippen molar-refractivity contribution in [1.82, 2.24) is 4.90 Å².